The van der Waals surface area contributed by atoms with E-state index in [-0.39, 0.29) is 11.5 Å². The van der Waals surface area contributed by atoms with Crippen molar-refractivity contribution in [3.05, 3.63) is 0 Å². The van der Waals surface area contributed by atoms with Gasteiger partial charge in [-0.2, -0.15) is 0 Å². The van der Waals surface area contributed by atoms with E-state index in [9.17, 15) is 5.11 Å². The molecule has 3 heteroatoms. The summed E-state index contributed by atoms with van der Waals surface area (Å²) in [5.74, 6) is 0. The van der Waals surface area contributed by atoms with Gasteiger partial charge in [-0.25, -0.2) is 0 Å². The number of nitrogens with one attached hydrogen (secondary N) is 1. The van der Waals surface area contributed by atoms with Crippen LogP contribution < -0.4 is 5.32 Å². The SMILES string of the molecule is CC(C)NCC(O)COC(C)C(C)(C)C. The summed E-state index contributed by atoms with van der Waals surface area (Å²) in [6, 6.07) is 0.402. The van der Waals surface area contributed by atoms with Crippen molar-refractivity contribution < 1.29 is 9.84 Å². The Kier molecular flexibility index (Phi) is 6.41. The predicted octanol–water partition coefficient (Wildman–Crippen LogP) is 1.80. The smallest absolute Gasteiger partial charge is 0.0897 e. The number of rotatable bonds is 6. The highest BCUT2D eigenvalue weighted by molar-refractivity contribution is 4.71. The first kappa shape index (κ1) is 14.9. The van der Waals surface area contributed by atoms with Gasteiger partial charge in [-0.3, -0.25) is 0 Å². The van der Waals surface area contributed by atoms with Gasteiger partial charge in [0.05, 0.1) is 18.8 Å². The minimum Gasteiger partial charge on any atom is -0.389 e. The predicted molar refractivity (Wildman–Crippen MR) is 64.0 cm³/mol. The molecule has 2 N–H and O–H groups in total. The molecule has 2 unspecified atom stereocenters. The lowest BCUT2D eigenvalue weighted by atomic mass is 9.90. The molecule has 2 atom stereocenters. The van der Waals surface area contributed by atoms with Crippen molar-refractivity contribution in [2.24, 2.45) is 5.41 Å². The number of aliphatic hydroxyl groups excluding tert-OH is 1. The second kappa shape index (κ2) is 6.46. The van der Waals surface area contributed by atoms with Gasteiger partial charge in [-0.15, -0.1) is 0 Å². The van der Waals surface area contributed by atoms with E-state index >= 15 is 0 Å². The Morgan fingerprint density at radius 1 is 1.20 bits per heavy atom. The Bertz CT molecular complexity index is 163. The van der Waals surface area contributed by atoms with Crippen LogP contribution in [0.2, 0.25) is 0 Å². The van der Waals surface area contributed by atoms with Crippen molar-refractivity contribution in [3.63, 3.8) is 0 Å². The van der Waals surface area contributed by atoms with E-state index in [4.69, 9.17) is 4.74 Å². The van der Waals surface area contributed by atoms with Gasteiger partial charge in [-0.1, -0.05) is 34.6 Å². The van der Waals surface area contributed by atoms with Crippen LogP contribution in [-0.4, -0.2) is 36.5 Å². The van der Waals surface area contributed by atoms with Crippen LogP contribution in [0.4, 0.5) is 0 Å². The number of hydrogen-bond acceptors (Lipinski definition) is 3. The molecule has 0 aromatic carbocycles. The van der Waals surface area contributed by atoms with Crippen molar-refractivity contribution >= 4 is 0 Å². The quantitative estimate of drug-likeness (QED) is 0.713. The summed E-state index contributed by atoms with van der Waals surface area (Å²) >= 11 is 0. The van der Waals surface area contributed by atoms with Crippen LogP contribution in [0, 0.1) is 5.41 Å². The molecule has 3 nitrogen and oxygen atoms in total. The molecular weight excluding hydrogens is 190 g/mol. The highest BCUT2D eigenvalue weighted by Crippen LogP contribution is 2.21. The van der Waals surface area contributed by atoms with Gasteiger partial charge in [0.25, 0.3) is 0 Å². The zero-order valence-electron chi connectivity index (χ0n) is 11.0. The van der Waals surface area contributed by atoms with Gasteiger partial charge >= 0.3 is 0 Å². The zero-order chi connectivity index (χ0) is 12.1. The molecule has 0 rings (SSSR count). The molecule has 0 aliphatic carbocycles. The third kappa shape index (κ3) is 7.77. The number of ether oxygens (including phenoxy) is 1. The second-order valence-corrected chi connectivity index (χ2v) is 5.56. The van der Waals surface area contributed by atoms with Gasteiger partial charge in [-0.05, 0) is 12.3 Å². The molecule has 0 amide bonds. The maximum Gasteiger partial charge on any atom is 0.0897 e. The lowest BCUT2D eigenvalue weighted by Gasteiger charge is -2.28. The van der Waals surface area contributed by atoms with Crippen LogP contribution in [0.3, 0.4) is 0 Å². The third-order valence-electron chi connectivity index (χ3n) is 2.52. The van der Waals surface area contributed by atoms with Crippen molar-refractivity contribution in [2.45, 2.75) is 59.8 Å². The molecule has 0 radical (unpaired) electrons. The van der Waals surface area contributed by atoms with Crippen molar-refractivity contribution in [1.29, 1.82) is 0 Å². The van der Waals surface area contributed by atoms with E-state index in [0.29, 0.717) is 19.2 Å². The first-order chi connectivity index (χ1) is 6.73. The molecule has 0 aliphatic heterocycles. The summed E-state index contributed by atoms with van der Waals surface area (Å²) < 4.78 is 5.61. The van der Waals surface area contributed by atoms with Gasteiger partial charge in [0.15, 0.2) is 0 Å². The summed E-state index contributed by atoms with van der Waals surface area (Å²) in [7, 11) is 0. The minimum atomic E-state index is -0.419. The number of aliphatic hydroxyl groups is 1. The topological polar surface area (TPSA) is 41.5 Å². The Balaban J connectivity index is 3.66. The summed E-state index contributed by atoms with van der Waals surface area (Å²) in [6.07, 6.45) is -0.261. The summed E-state index contributed by atoms with van der Waals surface area (Å²) in [6.45, 7) is 13.6. The first-order valence-electron chi connectivity index (χ1n) is 5.76. The molecular formula is C12H27NO2. The lowest BCUT2D eigenvalue weighted by Crippen LogP contribution is -2.36. The molecule has 0 fully saturated rings. The molecule has 15 heavy (non-hydrogen) atoms. The largest absolute Gasteiger partial charge is 0.389 e. The molecule has 0 bridgehead atoms. The van der Waals surface area contributed by atoms with E-state index in [1.54, 1.807) is 0 Å². The molecule has 0 saturated carbocycles. The van der Waals surface area contributed by atoms with Gasteiger partial charge < -0.3 is 15.2 Å². The maximum atomic E-state index is 9.63. The average molecular weight is 217 g/mol. The third-order valence-corrected chi connectivity index (χ3v) is 2.52. The highest BCUT2D eigenvalue weighted by atomic mass is 16.5. The molecule has 92 valence electrons. The van der Waals surface area contributed by atoms with Crippen LogP contribution in [-0.2, 0) is 4.74 Å². The fraction of sp³-hybridized carbons (Fsp3) is 1.00. The zero-order valence-corrected chi connectivity index (χ0v) is 11.0. The van der Waals surface area contributed by atoms with Crippen LogP contribution in [0.1, 0.15) is 41.5 Å². The Morgan fingerprint density at radius 2 is 1.73 bits per heavy atom. The van der Waals surface area contributed by atoms with E-state index in [1.807, 2.05) is 6.92 Å². The molecule has 0 heterocycles. The van der Waals surface area contributed by atoms with E-state index in [1.165, 1.54) is 0 Å². The van der Waals surface area contributed by atoms with Gasteiger partial charge in [0.2, 0.25) is 0 Å². The van der Waals surface area contributed by atoms with E-state index in [2.05, 4.69) is 39.9 Å². The first-order valence-corrected chi connectivity index (χ1v) is 5.76. The van der Waals surface area contributed by atoms with Crippen molar-refractivity contribution in [1.82, 2.24) is 5.32 Å². The van der Waals surface area contributed by atoms with Gasteiger partial charge in [0.1, 0.15) is 0 Å². The van der Waals surface area contributed by atoms with Crippen LogP contribution in [0.5, 0.6) is 0 Å². The van der Waals surface area contributed by atoms with Crippen LogP contribution in [0.25, 0.3) is 0 Å². The minimum absolute atomic E-state index is 0.130. The second-order valence-electron chi connectivity index (χ2n) is 5.56. The fourth-order valence-corrected chi connectivity index (χ4v) is 0.936. The van der Waals surface area contributed by atoms with Crippen molar-refractivity contribution in [2.75, 3.05) is 13.2 Å². The van der Waals surface area contributed by atoms with Crippen molar-refractivity contribution in [3.8, 4) is 0 Å². The monoisotopic (exact) mass is 217 g/mol. The van der Waals surface area contributed by atoms with E-state index in [0.717, 1.165) is 0 Å². The molecule has 0 aromatic rings. The van der Waals surface area contributed by atoms with Crippen LogP contribution >= 0.6 is 0 Å². The maximum absolute atomic E-state index is 9.63. The summed E-state index contributed by atoms with van der Waals surface area (Å²) in [5.41, 5.74) is 0.130. The Morgan fingerprint density at radius 3 is 2.13 bits per heavy atom. The molecule has 0 spiro atoms. The lowest BCUT2D eigenvalue weighted by molar-refractivity contribution is -0.0454. The Labute approximate surface area is 94.2 Å². The summed E-state index contributed by atoms with van der Waals surface area (Å²) in [5, 5.41) is 12.8. The molecule has 0 aliphatic rings. The highest BCUT2D eigenvalue weighted by Gasteiger charge is 2.21. The molecule has 0 saturated heterocycles. The van der Waals surface area contributed by atoms with E-state index < -0.39 is 6.10 Å². The average Bonchev–Trinajstić information content (AvgIpc) is 2.09. The molecule has 0 aromatic heterocycles. The standard InChI is InChI=1S/C12H27NO2/c1-9(2)13-7-11(14)8-15-10(3)12(4,5)6/h9-11,13-14H,7-8H2,1-6H3. The fourth-order valence-electron chi connectivity index (χ4n) is 0.936. The normalized spacial score (nSPS) is 16.8. The number of hydrogen-bond donors (Lipinski definition) is 2. The van der Waals surface area contributed by atoms with Gasteiger partial charge in [0, 0.05) is 12.6 Å². The van der Waals surface area contributed by atoms with Crippen LogP contribution in [0.15, 0.2) is 0 Å². The Hall–Kier alpha value is -0.120. The summed E-state index contributed by atoms with van der Waals surface area (Å²) in [4.78, 5) is 0.